The molecule has 13 heavy (non-hydrogen) atoms. The van der Waals surface area contributed by atoms with Crippen LogP contribution in [-0.2, 0) is 0 Å². The van der Waals surface area contributed by atoms with Crippen LogP contribution in [0, 0.1) is 0 Å². The van der Waals surface area contributed by atoms with E-state index in [0.717, 1.165) is 17.4 Å². The van der Waals surface area contributed by atoms with Gasteiger partial charge in [-0.2, -0.15) is 0 Å². The van der Waals surface area contributed by atoms with E-state index in [1.54, 1.807) is 0 Å². The van der Waals surface area contributed by atoms with Crippen molar-refractivity contribution in [2.24, 2.45) is 0 Å². The summed E-state index contributed by atoms with van der Waals surface area (Å²) >= 11 is 3.64. The van der Waals surface area contributed by atoms with Gasteiger partial charge >= 0.3 is 0 Å². The van der Waals surface area contributed by atoms with Crippen LogP contribution in [-0.4, -0.2) is 28.9 Å². The number of alkyl halides is 1. The van der Waals surface area contributed by atoms with E-state index < -0.39 is 0 Å². The molecule has 1 aliphatic heterocycles. The summed E-state index contributed by atoms with van der Waals surface area (Å²) < 4.78 is 0. The van der Waals surface area contributed by atoms with Crippen LogP contribution in [0.5, 0.6) is 0 Å². The van der Waals surface area contributed by atoms with Crippen LogP contribution in [0.2, 0.25) is 0 Å². The van der Waals surface area contributed by atoms with Crippen LogP contribution < -0.4 is 0 Å². The Balaban J connectivity index is 2.53. The fourth-order valence-electron chi connectivity index (χ4n) is 2.18. The lowest BCUT2D eigenvalue weighted by Crippen LogP contribution is -2.42. The van der Waals surface area contributed by atoms with Crippen LogP contribution in [0.3, 0.4) is 0 Å². The molecular weight excluding hydrogens is 226 g/mol. The van der Waals surface area contributed by atoms with E-state index in [1.165, 1.54) is 38.6 Å². The van der Waals surface area contributed by atoms with E-state index in [-0.39, 0.29) is 0 Å². The molecule has 1 fully saturated rings. The van der Waals surface area contributed by atoms with Crippen molar-refractivity contribution in [3.63, 3.8) is 0 Å². The van der Waals surface area contributed by atoms with E-state index in [9.17, 15) is 0 Å². The second-order valence-electron chi connectivity index (χ2n) is 4.15. The predicted molar refractivity (Wildman–Crippen MR) is 62.5 cm³/mol. The Morgan fingerprint density at radius 1 is 1.38 bits per heavy atom. The van der Waals surface area contributed by atoms with Crippen molar-refractivity contribution in [2.45, 2.75) is 58.0 Å². The molecule has 0 spiro atoms. The Labute approximate surface area is 91.0 Å². The summed E-state index contributed by atoms with van der Waals surface area (Å²) in [6.45, 7) is 5.97. The molecule has 1 heterocycles. The monoisotopic (exact) mass is 247 g/mol. The number of halogens is 1. The molecule has 1 aliphatic rings. The molecule has 0 N–H and O–H groups in total. The first-order chi connectivity index (χ1) is 6.29. The van der Waals surface area contributed by atoms with E-state index in [1.807, 2.05) is 0 Å². The fraction of sp³-hybridized carbons (Fsp3) is 1.00. The first kappa shape index (κ1) is 11.5. The zero-order valence-corrected chi connectivity index (χ0v) is 10.5. The number of rotatable bonds is 3. The summed E-state index contributed by atoms with van der Waals surface area (Å²) in [4.78, 5) is 2.70. The van der Waals surface area contributed by atoms with Gasteiger partial charge in [0.1, 0.15) is 0 Å². The van der Waals surface area contributed by atoms with Gasteiger partial charge in [-0.3, -0.25) is 4.90 Å². The topological polar surface area (TPSA) is 3.24 Å². The first-order valence-corrected chi connectivity index (χ1v) is 6.73. The summed E-state index contributed by atoms with van der Waals surface area (Å²) in [5, 5.41) is 1.15. The Morgan fingerprint density at radius 2 is 2.15 bits per heavy atom. The van der Waals surface area contributed by atoms with E-state index in [2.05, 4.69) is 34.7 Å². The molecule has 0 radical (unpaired) electrons. The third-order valence-corrected chi connectivity index (χ3v) is 4.01. The van der Waals surface area contributed by atoms with Crippen LogP contribution in [0.15, 0.2) is 0 Å². The maximum absolute atomic E-state index is 3.64. The van der Waals surface area contributed by atoms with Gasteiger partial charge in [-0.1, -0.05) is 35.7 Å². The molecule has 0 aromatic carbocycles. The summed E-state index contributed by atoms with van der Waals surface area (Å²) in [5.74, 6) is 0. The van der Waals surface area contributed by atoms with Gasteiger partial charge in [-0.15, -0.1) is 0 Å². The molecule has 0 aromatic rings. The van der Waals surface area contributed by atoms with Gasteiger partial charge in [0.25, 0.3) is 0 Å². The summed E-state index contributed by atoms with van der Waals surface area (Å²) in [5.41, 5.74) is 0. The van der Waals surface area contributed by atoms with Crippen molar-refractivity contribution < 1.29 is 0 Å². The standard InChI is InChI=1S/C11H22BrN/c1-3-10(2)13-8-6-4-5-7-11(13)9-12/h10-11H,3-9H2,1-2H3. The van der Waals surface area contributed by atoms with Gasteiger partial charge in [-0.25, -0.2) is 0 Å². The Hall–Kier alpha value is 0.440. The SMILES string of the molecule is CCC(C)N1CCCCCC1CBr. The van der Waals surface area contributed by atoms with Crippen LogP contribution in [0.4, 0.5) is 0 Å². The average Bonchev–Trinajstić information content (AvgIpc) is 2.41. The minimum atomic E-state index is 0.764. The molecule has 0 saturated carbocycles. The summed E-state index contributed by atoms with van der Waals surface area (Å²) in [6.07, 6.45) is 6.91. The number of likely N-dealkylation sites (tertiary alicyclic amines) is 1. The molecule has 2 unspecified atom stereocenters. The largest absolute Gasteiger partial charge is 0.297 e. The van der Waals surface area contributed by atoms with Crippen LogP contribution >= 0.6 is 15.9 Å². The minimum Gasteiger partial charge on any atom is -0.297 e. The second-order valence-corrected chi connectivity index (χ2v) is 4.80. The van der Waals surface area contributed by atoms with E-state index >= 15 is 0 Å². The molecule has 0 aromatic heterocycles. The van der Waals surface area contributed by atoms with Gasteiger partial charge in [0.15, 0.2) is 0 Å². The lowest BCUT2D eigenvalue weighted by atomic mass is 10.1. The molecular formula is C11H22BrN. The molecule has 0 bridgehead atoms. The highest BCUT2D eigenvalue weighted by molar-refractivity contribution is 9.09. The molecule has 78 valence electrons. The van der Waals surface area contributed by atoms with E-state index in [0.29, 0.717) is 0 Å². The number of hydrogen-bond acceptors (Lipinski definition) is 1. The fourth-order valence-corrected chi connectivity index (χ4v) is 2.88. The zero-order chi connectivity index (χ0) is 9.68. The smallest absolute Gasteiger partial charge is 0.0195 e. The van der Waals surface area contributed by atoms with Crippen LogP contribution in [0.1, 0.15) is 46.0 Å². The third-order valence-electron chi connectivity index (χ3n) is 3.26. The van der Waals surface area contributed by atoms with Gasteiger partial charge in [-0.05, 0) is 32.7 Å². The second kappa shape index (κ2) is 6.02. The lowest BCUT2D eigenvalue weighted by Gasteiger charge is -2.33. The minimum absolute atomic E-state index is 0.764. The Morgan fingerprint density at radius 3 is 2.77 bits per heavy atom. The first-order valence-electron chi connectivity index (χ1n) is 5.61. The van der Waals surface area contributed by atoms with Crippen molar-refractivity contribution in [3.8, 4) is 0 Å². The molecule has 1 rings (SSSR count). The molecule has 1 nitrogen and oxygen atoms in total. The highest BCUT2D eigenvalue weighted by Crippen LogP contribution is 2.21. The molecule has 0 aliphatic carbocycles. The molecule has 2 atom stereocenters. The Bertz CT molecular complexity index is 138. The molecule has 0 amide bonds. The summed E-state index contributed by atoms with van der Waals surface area (Å²) in [6, 6.07) is 1.55. The number of hydrogen-bond donors (Lipinski definition) is 0. The van der Waals surface area contributed by atoms with Gasteiger partial charge in [0.2, 0.25) is 0 Å². The maximum atomic E-state index is 3.64. The highest BCUT2D eigenvalue weighted by Gasteiger charge is 2.22. The molecule has 1 saturated heterocycles. The van der Waals surface area contributed by atoms with Crippen molar-refractivity contribution in [1.29, 1.82) is 0 Å². The number of nitrogens with zero attached hydrogens (tertiary/aromatic N) is 1. The van der Waals surface area contributed by atoms with Crippen molar-refractivity contribution in [3.05, 3.63) is 0 Å². The Kier molecular flexibility index (Phi) is 5.34. The predicted octanol–water partition coefficient (Wildman–Crippen LogP) is 3.42. The highest BCUT2D eigenvalue weighted by atomic mass is 79.9. The lowest BCUT2D eigenvalue weighted by molar-refractivity contribution is 0.157. The van der Waals surface area contributed by atoms with Gasteiger partial charge < -0.3 is 0 Å². The third kappa shape index (κ3) is 3.25. The zero-order valence-electron chi connectivity index (χ0n) is 8.93. The van der Waals surface area contributed by atoms with Crippen molar-refractivity contribution in [1.82, 2.24) is 4.90 Å². The maximum Gasteiger partial charge on any atom is 0.0195 e. The van der Waals surface area contributed by atoms with E-state index in [4.69, 9.17) is 0 Å². The average molecular weight is 248 g/mol. The van der Waals surface area contributed by atoms with Crippen molar-refractivity contribution >= 4 is 15.9 Å². The summed E-state index contributed by atoms with van der Waals surface area (Å²) in [7, 11) is 0. The van der Waals surface area contributed by atoms with Crippen LogP contribution in [0.25, 0.3) is 0 Å². The molecule has 2 heteroatoms. The van der Waals surface area contributed by atoms with Gasteiger partial charge in [0.05, 0.1) is 0 Å². The van der Waals surface area contributed by atoms with Gasteiger partial charge in [0, 0.05) is 17.4 Å². The van der Waals surface area contributed by atoms with Crippen molar-refractivity contribution in [2.75, 3.05) is 11.9 Å². The quantitative estimate of drug-likeness (QED) is 0.692. The normalized spacial score (nSPS) is 28.4.